The van der Waals surface area contributed by atoms with Crippen LogP contribution in [0.15, 0.2) is 36.5 Å². The topological polar surface area (TPSA) is 91.8 Å². The van der Waals surface area contributed by atoms with Crippen LogP contribution in [0.2, 0.25) is 5.02 Å². The molecule has 1 aliphatic rings. The number of benzene rings is 1. The van der Waals surface area contributed by atoms with Crippen LogP contribution in [0.4, 0.5) is 5.69 Å². The summed E-state index contributed by atoms with van der Waals surface area (Å²) in [5.41, 5.74) is 1.15. The number of hydrogen-bond acceptors (Lipinski definition) is 6. The number of halogens is 1. The fourth-order valence-corrected chi connectivity index (χ4v) is 2.61. The Kier molecular flexibility index (Phi) is 5.04. The van der Waals surface area contributed by atoms with Gasteiger partial charge < -0.3 is 24.3 Å². The third kappa shape index (κ3) is 4.00. The number of hydrogen-bond donors (Lipinski definition) is 0. The van der Waals surface area contributed by atoms with E-state index in [-0.39, 0.29) is 37.1 Å². The SMILES string of the molecule is O=C([O-])CCN1C(=O)COc2cc(OCc3ccccn3)c(Cl)cc21. The van der Waals surface area contributed by atoms with Gasteiger partial charge in [0.2, 0.25) is 0 Å². The van der Waals surface area contributed by atoms with E-state index in [2.05, 4.69) is 4.98 Å². The molecule has 0 radical (unpaired) electrons. The van der Waals surface area contributed by atoms with E-state index in [9.17, 15) is 14.7 Å². The van der Waals surface area contributed by atoms with E-state index in [0.717, 1.165) is 5.69 Å². The minimum atomic E-state index is -1.23. The van der Waals surface area contributed by atoms with Crippen molar-refractivity contribution in [3.05, 3.63) is 47.2 Å². The monoisotopic (exact) mass is 361 g/mol. The van der Waals surface area contributed by atoms with Crippen LogP contribution in [0.3, 0.4) is 0 Å². The molecule has 0 N–H and O–H groups in total. The maximum atomic E-state index is 12.0. The van der Waals surface area contributed by atoms with Crippen LogP contribution in [0.1, 0.15) is 12.1 Å². The van der Waals surface area contributed by atoms with Crippen molar-refractivity contribution in [2.45, 2.75) is 13.0 Å². The van der Waals surface area contributed by atoms with Crippen LogP contribution in [-0.2, 0) is 16.2 Å². The first kappa shape index (κ1) is 17.0. The van der Waals surface area contributed by atoms with Crippen molar-refractivity contribution in [1.82, 2.24) is 4.98 Å². The van der Waals surface area contributed by atoms with Gasteiger partial charge in [0.25, 0.3) is 5.91 Å². The number of ether oxygens (including phenoxy) is 2. The average molecular weight is 362 g/mol. The molecule has 0 saturated carbocycles. The van der Waals surface area contributed by atoms with E-state index in [1.54, 1.807) is 12.3 Å². The summed E-state index contributed by atoms with van der Waals surface area (Å²) in [4.78, 5) is 28.1. The predicted octanol–water partition coefficient (Wildman–Crippen LogP) is 1.18. The van der Waals surface area contributed by atoms with Crippen molar-refractivity contribution in [1.29, 1.82) is 0 Å². The lowest BCUT2D eigenvalue weighted by Gasteiger charge is -2.30. The molecule has 2 aromatic rings. The number of nitrogens with zero attached hydrogens (tertiary/aromatic N) is 2. The molecule has 0 saturated heterocycles. The Morgan fingerprint density at radius 3 is 2.96 bits per heavy atom. The van der Waals surface area contributed by atoms with Gasteiger partial charge in [0.15, 0.2) is 6.61 Å². The molecule has 130 valence electrons. The summed E-state index contributed by atoms with van der Waals surface area (Å²) in [6.07, 6.45) is 1.39. The molecule has 0 bridgehead atoms. The number of aliphatic carboxylic acids is 1. The lowest BCUT2D eigenvalue weighted by atomic mass is 10.2. The summed E-state index contributed by atoms with van der Waals surface area (Å²) in [7, 11) is 0. The van der Waals surface area contributed by atoms with Crippen molar-refractivity contribution in [3.63, 3.8) is 0 Å². The van der Waals surface area contributed by atoms with Gasteiger partial charge in [-0.25, -0.2) is 0 Å². The quantitative estimate of drug-likeness (QED) is 0.767. The standard InChI is InChI=1S/C17H15ClN2O5/c18-12-7-13-15(25-10-16(21)20(13)6-4-17(22)23)8-14(12)24-9-11-3-1-2-5-19-11/h1-3,5,7-8H,4,6,9-10H2,(H,22,23)/p-1. The number of fused-ring (bicyclic) bond motifs is 1. The van der Waals surface area contributed by atoms with Crippen molar-refractivity contribution >= 4 is 29.2 Å². The summed E-state index contributed by atoms with van der Waals surface area (Å²) in [5, 5.41) is 11.0. The fraction of sp³-hybridized carbons (Fsp3) is 0.235. The molecule has 0 fully saturated rings. The Bertz CT molecular complexity index is 797. The first-order valence-electron chi connectivity index (χ1n) is 7.54. The van der Waals surface area contributed by atoms with Gasteiger partial charge in [-0.05, 0) is 18.2 Å². The molecule has 2 heterocycles. The highest BCUT2D eigenvalue weighted by atomic mass is 35.5. The number of aromatic nitrogens is 1. The molecule has 0 aliphatic carbocycles. The largest absolute Gasteiger partial charge is 0.550 e. The summed E-state index contributed by atoms with van der Waals surface area (Å²) in [6, 6.07) is 8.59. The van der Waals surface area contributed by atoms with E-state index in [4.69, 9.17) is 21.1 Å². The minimum absolute atomic E-state index is 0.0119. The second-order valence-electron chi connectivity index (χ2n) is 5.32. The average Bonchev–Trinajstić information content (AvgIpc) is 2.60. The van der Waals surface area contributed by atoms with Gasteiger partial charge in [-0.1, -0.05) is 17.7 Å². The van der Waals surface area contributed by atoms with Crippen LogP contribution < -0.4 is 19.5 Å². The zero-order valence-electron chi connectivity index (χ0n) is 13.1. The fourth-order valence-electron chi connectivity index (χ4n) is 2.40. The molecule has 1 aromatic heterocycles. The molecule has 0 atom stereocenters. The highest BCUT2D eigenvalue weighted by Crippen LogP contribution is 2.40. The molecule has 1 aromatic carbocycles. The van der Waals surface area contributed by atoms with Crippen LogP contribution in [0.5, 0.6) is 11.5 Å². The first-order chi connectivity index (χ1) is 12.0. The predicted molar refractivity (Wildman–Crippen MR) is 87.5 cm³/mol. The van der Waals surface area contributed by atoms with E-state index in [1.807, 2.05) is 18.2 Å². The number of rotatable bonds is 6. The highest BCUT2D eigenvalue weighted by molar-refractivity contribution is 6.32. The van der Waals surface area contributed by atoms with E-state index >= 15 is 0 Å². The summed E-state index contributed by atoms with van der Waals surface area (Å²) in [5.74, 6) is -0.784. The molecule has 3 rings (SSSR count). The molecule has 7 nitrogen and oxygen atoms in total. The summed E-state index contributed by atoms with van der Waals surface area (Å²) in [6.45, 7) is 0.0377. The lowest BCUT2D eigenvalue weighted by Crippen LogP contribution is -2.41. The van der Waals surface area contributed by atoms with E-state index < -0.39 is 5.97 Å². The molecule has 8 heteroatoms. The normalized spacial score (nSPS) is 13.2. The third-order valence-electron chi connectivity index (χ3n) is 3.60. The Balaban J connectivity index is 1.80. The lowest BCUT2D eigenvalue weighted by molar-refractivity contribution is -0.305. The Morgan fingerprint density at radius 2 is 2.24 bits per heavy atom. The number of anilines is 1. The number of carbonyl (C=O) groups excluding carboxylic acids is 2. The van der Waals surface area contributed by atoms with Gasteiger partial charge in [0, 0.05) is 31.2 Å². The maximum Gasteiger partial charge on any atom is 0.265 e. The molecular formula is C17H14ClN2O5-. The molecule has 1 amide bonds. The smallest absolute Gasteiger partial charge is 0.265 e. The molecule has 25 heavy (non-hydrogen) atoms. The number of amides is 1. The number of carbonyl (C=O) groups is 2. The first-order valence-corrected chi connectivity index (χ1v) is 7.91. The van der Waals surface area contributed by atoms with Gasteiger partial charge >= 0.3 is 0 Å². The summed E-state index contributed by atoms with van der Waals surface area (Å²) < 4.78 is 11.1. The Labute approximate surface area is 148 Å². The third-order valence-corrected chi connectivity index (χ3v) is 3.89. The number of pyridine rings is 1. The number of carboxylic acid groups (broad SMARTS) is 1. The van der Waals surface area contributed by atoms with E-state index in [0.29, 0.717) is 17.2 Å². The maximum absolute atomic E-state index is 12.0. The van der Waals surface area contributed by atoms with Crippen LogP contribution >= 0.6 is 11.6 Å². The van der Waals surface area contributed by atoms with Gasteiger partial charge in [-0.2, -0.15) is 0 Å². The van der Waals surface area contributed by atoms with Crippen LogP contribution in [-0.4, -0.2) is 30.0 Å². The highest BCUT2D eigenvalue weighted by Gasteiger charge is 2.27. The number of carboxylic acids is 1. The second kappa shape index (κ2) is 7.40. The molecule has 1 aliphatic heterocycles. The van der Waals surface area contributed by atoms with Crippen LogP contribution in [0.25, 0.3) is 0 Å². The zero-order valence-corrected chi connectivity index (χ0v) is 13.9. The second-order valence-corrected chi connectivity index (χ2v) is 5.72. The van der Waals surface area contributed by atoms with Crippen molar-refractivity contribution in [2.75, 3.05) is 18.1 Å². The van der Waals surface area contributed by atoms with Crippen molar-refractivity contribution in [2.24, 2.45) is 0 Å². The molecule has 0 spiro atoms. The van der Waals surface area contributed by atoms with Gasteiger partial charge in [0.1, 0.15) is 18.1 Å². The molecule has 0 unspecified atom stereocenters. The van der Waals surface area contributed by atoms with Crippen LogP contribution in [0, 0.1) is 0 Å². The molecular weight excluding hydrogens is 348 g/mol. The Hall–Kier alpha value is -2.80. The minimum Gasteiger partial charge on any atom is -0.550 e. The Morgan fingerprint density at radius 1 is 1.40 bits per heavy atom. The van der Waals surface area contributed by atoms with Gasteiger partial charge in [-0.3, -0.25) is 9.78 Å². The zero-order chi connectivity index (χ0) is 17.8. The van der Waals surface area contributed by atoms with Crippen molar-refractivity contribution < 1.29 is 24.2 Å². The van der Waals surface area contributed by atoms with Crippen molar-refractivity contribution in [3.8, 4) is 11.5 Å². The van der Waals surface area contributed by atoms with Gasteiger partial charge in [0.05, 0.1) is 16.4 Å². The van der Waals surface area contributed by atoms with E-state index in [1.165, 1.54) is 11.0 Å². The van der Waals surface area contributed by atoms with Gasteiger partial charge in [-0.15, -0.1) is 0 Å². The summed E-state index contributed by atoms with van der Waals surface area (Å²) >= 11 is 6.24.